The maximum Gasteiger partial charge on any atom is 0.269 e. The van der Waals surface area contributed by atoms with Crippen LogP contribution in [0.4, 0.5) is 0 Å². The first kappa shape index (κ1) is 18.2. The van der Waals surface area contributed by atoms with Crippen LogP contribution in [-0.2, 0) is 6.54 Å². The van der Waals surface area contributed by atoms with E-state index in [9.17, 15) is 4.79 Å². The maximum atomic E-state index is 12.3. The van der Waals surface area contributed by atoms with E-state index in [1.165, 1.54) is 21.3 Å². The zero-order valence-corrected chi connectivity index (χ0v) is 15.3. The van der Waals surface area contributed by atoms with Gasteiger partial charge in [0.1, 0.15) is 5.69 Å². The highest BCUT2D eigenvalue weighted by atomic mass is 16.5. The van der Waals surface area contributed by atoms with Gasteiger partial charge in [-0.25, -0.2) is 0 Å². The van der Waals surface area contributed by atoms with E-state index in [4.69, 9.17) is 18.6 Å². The van der Waals surface area contributed by atoms with Crippen LogP contribution in [0, 0.1) is 6.92 Å². The highest BCUT2D eigenvalue weighted by molar-refractivity contribution is 5.93. The smallest absolute Gasteiger partial charge is 0.269 e. The van der Waals surface area contributed by atoms with Crippen LogP contribution in [0.5, 0.6) is 17.2 Å². The van der Waals surface area contributed by atoms with Crippen LogP contribution in [0.15, 0.2) is 22.6 Å². The van der Waals surface area contributed by atoms with Crippen LogP contribution >= 0.6 is 0 Å². The number of benzene rings is 1. The average Bonchev–Trinajstić information content (AvgIpc) is 3.34. The van der Waals surface area contributed by atoms with E-state index in [0.717, 1.165) is 0 Å². The van der Waals surface area contributed by atoms with E-state index in [1.54, 1.807) is 25.1 Å². The number of aromatic nitrogens is 4. The molecule has 2 aromatic heterocycles. The second kappa shape index (κ2) is 7.77. The first-order valence-corrected chi connectivity index (χ1v) is 7.98. The molecule has 142 valence electrons. The quantitative estimate of drug-likeness (QED) is 0.641. The number of H-pyrrole nitrogens is 1. The van der Waals surface area contributed by atoms with Gasteiger partial charge in [-0.15, -0.1) is 10.2 Å². The van der Waals surface area contributed by atoms with Gasteiger partial charge in [0.15, 0.2) is 11.5 Å². The molecule has 27 heavy (non-hydrogen) atoms. The Morgan fingerprint density at radius 3 is 2.37 bits per heavy atom. The summed E-state index contributed by atoms with van der Waals surface area (Å²) in [6, 6.07) is 5.12. The molecule has 2 heterocycles. The Bertz CT molecular complexity index is 924. The lowest BCUT2D eigenvalue weighted by Crippen LogP contribution is -2.23. The molecule has 0 atom stereocenters. The standard InChI is InChI=1S/C17H19N5O5/c1-9-19-22-15(27-9)8-18-17(23)12-7-11(20-21-12)10-5-13(24-2)16(26-4)14(6-10)25-3/h5-7H,8H2,1-4H3,(H,18,23)(H,20,21). The molecule has 0 aliphatic heterocycles. The summed E-state index contributed by atoms with van der Waals surface area (Å²) in [4.78, 5) is 12.3. The fourth-order valence-electron chi connectivity index (χ4n) is 2.47. The maximum absolute atomic E-state index is 12.3. The molecule has 0 fully saturated rings. The molecular weight excluding hydrogens is 354 g/mol. The predicted octanol–water partition coefficient (Wildman–Crippen LogP) is 1.72. The predicted molar refractivity (Wildman–Crippen MR) is 93.9 cm³/mol. The number of carbonyl (C=O) groups is 1. The number of hydrogen-bond donors (Lipinski definition) is 2. The van der Waals surface area contributed by atoms with Gasteiger partial charge in [0.05, 0.1) is 33.6 Å². The molecule has 0 unspecified atom stereocenters. The molecule has 1 aromatic carbocycles. The Morgan fingerprint density at radius 1 is 1.11 bits per heavy atom. The van der Waals surface area contributed by atoms with Crippen LogP contribution in [0.1, 0.15) is 22.3 Å². The number of carbonyl (C=O) groups excluding carboxylic acids is 1. The summed E-state index contributed by atoms with van der Waals surface area (Å²) in [6.45, 7) is 1.80. The minimum Gasteiger partial charge on any atom is -0.493 e. The molecule has 10 heteroatoms. The normalized spacial score (nSPS) is 10.5. The highest BCUT2D eigenvalue weighted by Crippen LogP contribution is 2.40. The second-order valence-electron chi connectivity index (χ2n) is 5.48. The van der Waals surface area contributed by atoms with Crippen LogP contribution in [-0.4, -0.2) is 47.6 Å². The van der Waals surface area contributed by atoms with Crippen LogP contribution in [0.25, 0.3) is 11.3 Å². The molecule has 1 amide bonds. The molecule has 0 saturated carbocycles. The van der Waals surface area contributed by atoms with Gasteiger partial charge in [0.2, 0.25) is 17.5 Å². The van der Waals surface area contributed by atoms with Crippen molar-refractivity contribution in [1.82, 2.24) is 25.7 Å². The average molecular weight is 373 g/mol. The van der Waals surface area contributed by atoms with Gasteiger partial charge < -0.3 is 23.9 Å². The van der Waals surface area contributed by atoms with E-state index in [0.29, 0.717) is 40.3 Å². The summed E-state index contributed by atoms with van der Waals surface area (Å²) >= 11 is 0. The van der Waals surface area contributed by atoms with E-state index >= 15 is 0 Å². The first-order chi connectivity index (χ1) is 13.0. The Kier molecular flexibility index (Phi) is 5.25. The van der Waals surface area contributed by atoms with E-state index in [2.05, 4.69) is 25.7 Å². The molecule has 0 aliphatic carbocycles. The van der Waals surface area contributed by atoms with Crippen molar-refractivity contribution in [3.63, 3.8) is 0 Å². The Morgan fingerprint density at radius 2 is 1.81 bits per heavy atom. The number of rotatable bonds is 7. The van der Waals surface area contributed by atoms with E-state index in [-0.39, 0.29) is 18.1 Å². The minimum absolute atomic E-state index is 0.123. The third kappa shape index (κ3) is 3.84. The zero-order chi connectivity index (χ0) is 19.4. The molecule has 0 aliphatic rings. The van der Waals surface area contributed by atoms with Crippen molar-refractivity contribution >= 4 is 5.91 Å². The summed E-state index contributed by atoms with van der Waals surface area (Å²) in [7, 11) is 4.59. The molecule has 0 bridgehead atoms. The number of ether oxygens (including phenoxy) is 3. The Balaban J connectivity index is 1.79. The lowest BCUT2D eigenvalue weighted by Gasteiger charge is -2.13. The van der Waals surface area contributed by atoms with Gasteiger partial charge in [-0.1, -0.05) is 0 Å². The Labute approximate surface area is 154 Å². The topological polar surface area (TPSA) is 124 Å². The number of methoxy groups -OCH3 is 3. The van der Waals surface area contributed by atoms with Gasteiger partial charge in [0.25, 0.3) is 5.91 Å². The number of aryl methyl sites for hydroxylation is 1. The third-order valence-corrected chi connectivity index (χ3v) is 3.75. The molecule has 3 rings (SSSR count). The van der Waals surface area contributed by atoms with E-state index in [1.807, 2.05) is 0 Å². The molecule has 10 nitrogen and oxygen atoms in total. The summed E-state index contributed by atoms with van der Waals surface area (Å²) in [5, 5.41) is 17.1. The second-order valence-corrected chi connectivity index (χ2v) is 5.48. The van der Waals surface area contributed by atoms with Gasteiger partial charge in [-0.2, -0.15) is 5.10 Å². The Hall–Kier alpha value is -3.56. The summed E-state index contributed by atoms with van der Waals surface area (Å²) in [5.41, 5.74) is 1.54. The van der Waals surface area contributed by atoms with Gasteiger partial charge in [-0.05, 0) is 18.2 Å². The molecular formula is C17H19N5O5. The number of aromatic amines is 1. The summed E-state index contributed by atoms with van der Waals surface area (Å²) in [6.07, 6.45) is 0. The number of nitrogens with one attached hydrogen (secondary N) is 2. The zero-order valence-electron chi connectivity index (χ0n) is 15.3. The monoisotopic (exact) mass is 373 g/mol. The van der Waals surface area contributed by atoms with Crippen LogP contribution < -0.4 is 19.5 Å². The third-order valence-electron chi connectivity index (χ3n) is 3.75. The molecule has 3 aromatic rings. The van der Waals surface area contributed by atoms with Crippen molar-refractivity contribution in [2.24, 2.45) is 0 Å². The number of nitrogens with zero attached hydrogens (tertiary/aromatic N) is 3. The molecule has 0 radical (unpaired) electrons. The lowest BCUT2D eigenvalue weighted by molar-refractivity contribution is 0.0942. The molecule has 0 spiro atoms. The van der Waals surface area contributed by atoms with Gasteiger partial charge in [0, 0.05) is 12.5 Å². The minimum atomic E-state index is -0.350. The number of hydrogen-bond acceptors (Lipinski definition) is 8. The highest BCUT2D eigenvalue weighted by Gasteiger charge is 2.17. The summed E-state index contributed by atoms with van der Waals surface area (Å²) < 4.78 is 21.2. The lowest BCUT2D eigenvalue weighted by atomic mass is 10.1. The fraction of sp³-hybridized carbons (Fsp3) is 0.294. The van der Waals surface area contributed by atoms with Crippen molar-refractivity contribution < 1.29 is 23.4 Å². The van der Waals surface area contributed by atoms with Gasteiger partial charge >= 0.3 is 0 Å². The SMILES string of the molecule is COc1cc(-c2cc(C(=O)NCc3nnc(C)o3)[nH]n2)cc(OC)c1OC. The number of amides is 1. The molecule has 2 N–H and O–H groups in total. The first-order valence-electron chi connectivity index (χ1n) is 7.98. The van der Waals surface area contributed by atoms with Crippen molar-refractivity contribution in [3.8, 4) is 28.5 Å². The van der Waals surface area contributed by atoms with Crippen molar-refractivity contribution in [2.45, 2.75) is 13.5 Å². The fourth-order valence-corrected chi connectivity index (χ4v) is 2.47. The van der Waals surface area contributed by atoms with Crippen LogP contribution in [0.3, 0.4) is 0 Å². The van der Waals surface area contributed by atoms with Crippen molar-refractivity contribution in [2.75, 3.05) is 21.3 Å². The summed E-state index contributed by atoms with van der Waals surface area (Å²) in [5.74, 6) is 1.88. The van der Waals surface area contributed by atoms with Crippen LogP contribution in [0.2, 0.25) is 0 Å². The molecule has 0 saturated heterocycles. The van der Waals surface area contributed by atoms with Crippen molar-refractivity contribution in [3.05, 3.63) is 35.7 Å². The van der Waals surface area contributed by atoms with Crippen molar-refractivity contribution in [1.29, 1.82) is 0 Å². The van der Waals surface area contributed by atoms with E-state index < -0.39 is 0 Å². The van der Waals surface area contributed by atoms with Gasteiger partial charge in [-0.3, -0.25) is 9.89 Å². The largest absolute Gasteiger partial charge is 0.493 e.